The first kappa shape index (κ1) is 16.6. The van der Waals surface area contributed by atoms with Crippen molar-refractivity contribution in [3.63, 3.8) is 0 Å². The van der Waals surface area contributed by atoms with Crippen molar-refractivity contribution < 1.29 is 24.0 Å². The summed E-state index contributed by atoms with van der Waals surface area (Å²) in [6, 6.07) is 6.83. The molecule has 21 heavy (non-hydrogen) atoms. The molecule has 0 fully saturated rings. The molecule has 0 aliphatic rings. The molecule has 1 unspecified atom stereocenters. The van der Waals surface area contributed by atoms with E-state index in [4.69, 9.17) is 0 Å². The topological polar surface area (TPSA) is 95.7 Å². The molecule has 1 atom stereocenters. The van der Waals surface area contributed by atoms with Crippen molar-refractivity contribution in [1.29, 1.82) is 0 Å². The number of carbonyl (C=O) groups excluding carboxylic acids is 2. The first-order valence-corrected chi connectivity index (χ1v) is 6.24. The zero-order valence-electron chi connectivity index (χ0n) is 12.1. The number of methoxy groups -OCH3 is 2. The Bertz CT molecular complexity index is 509. The maximum atomic E-state index is 11.8. The number of hydrogen-bond donors (Lipinski definition) is 0. The van der Waals surface area contributed by atoms with E-state index < -0.39 is 35.2 Å². The van der Waals surface area contributed by atoms with Crippen LogP contribution in [0, 0.1) is 23.0 Å². The number of nitro groups is 1. The van der Waals surface area contributed by atoms with E-state index >= 15 is 0 Å². The molecule has 0 bridgehead atoms. The quantitative estimate of drug-likeness (QED) is 0.340. The first-order chi connectivity index (χ1) is 9.90. The average molecular weight is 295 g/mol. The second kappa shape index (κ2) is 7.37. The Labute approximate surface area is 122 Å². The highest BCUT2D eigenvalue weighted by molar-refractivity contribution is 5.96. The third-order valence-electron chi connectivity index (χ3n) is 3.16. The Morgan fingerprint density at radius 1 is 1.14 bits per heavy atom. The minimum atomic E-state index is -1.37. The highest BCUT2D eigenvalue weighted by atomic mass is 16.6. The molecule has 0 spiro atoms. The fourth-order valence-corrected chi connectivity index (χ4v) is 2.06. The molecular weight excluding hydrogens is 278 g/mol. The van der Waals surface area contributed by atoms with Gasteiger partial charge >= 0.3 is 11.9 Å². The number of ether oxygens (including phenoxy) is 2. The Morgan fingerprint density at radius 3 is 2.00 bits per heavy atom. The molecule has 1 aromatic carbocycles. The van der Waals surface area contributed by atoms with E-state index in [-0.39, 0.29) is 0 Å². The van der Waals surface area contributed by atoms with Crippen LogP contribution >= 0.6 is 0 Å². The molecule has 114 valence electrons. The van der Waals surface area contributed by atoms with Crippen LogP contribution in [0.5, 0.6) is 0 Å². The highest BCUT2D eigenvalue weighted by Crippen LogP contribution is 2.27. The number of hydrogen-bond acceptors (Lipinski definition) is 6. The van der Waals surface area contributed by atoms with E-state index in [2.05, 4.69) is 9.47 Å². The summed E-state index contributed by atoms with van der Waals surface area (Å²) in [4.78, 5) is 34.0. The Morgan fingerprint density at radius 2 is 1.62 bits per heavy atom. The zero-order chi connectivity index (χ0) is 16.0. The van der Waals surface area contributed by atoms with E-state index in [9.17, 15) is 19.7 Å². The average Bonchev–Trinajstić information content (AvgIpc) is 2.46. The van der Waals surface area contributed by atoms with E-state index in [0.717, 1.165) is 19.8 Å². The minimum Gasteiger partial charge on any atom is -0.468 e. The van der Waals surface area contributed by atoms with Crippen molar-refractivity contribution in [2.45, 2.75) is 12.8 Å². The van der Waals surface area contributed by atoms with Gasteiger partial charge in [0, 0.05) is 4.92 Å². The summed E-state index contributed by atoms with van der Waals surface area (Å²) in [5.74, 6) is -4.02. The van der Waals surface area contributed by atoms with Gasteiger partial charge in [-0.2, -0.15) is 0 Å². The van der Waals surface area contributed by atoms with Crippen molar-refractivity contribution in [3.05, 3.63) is 45.5 Å². The van der Waals surface area contributed by atoms with Crippen LogP contribution in [-0.4, -0.2) is 37.6 Å². The van der Waals surface area contributed by atoms with E-state index in [1.54, 1.807) is 24.3 Å². The van der Waals surface area contributed by atoms with Gasteiger partial charge < -0.3 is 9.47 Å². The Hall–Kier alpha value is -2.44. The van der Waals surface area contributed by atoms with Gasteiger partial charge in [0.25, 0.3) is 0 Å². The predicted molar refractivity (Wildman–Crippen MR) is 73.3 cm³/mol. The fraction of sp³-hybridized carbons (Fsp3) is 0.429. The van der Waals surface area contributed by atoms with Crippen LogP contribution in [0.2, 0.25) is 0 Å². The second-order valence-corrected chi connectivity index (χ2v) is 4.56. The molecule has 7 nitrogen and oxygen atoms in total. The number of esters is 2. The Kier molecular flexibility index (Phi) is 5.83. The molecule has 0 aromatic heterocycles. The summed E-state index contributed by atoms with van der Waals surface area (Å²) in [7, 11) is 2.24. The van der Waals surface area contributed by atoms with Gasteiger partial charge in [0.15, 0.2) is 5.92 Å². The van der Waals surface area contributed by atoms with Gasteiger partial charge in [-0.05, 0) is 12.5 Å². The van der Waals surface area contributed by atoms with Crippen LogP contribution in [0.15, 0.2) is 24.3 Å². The SMILES string of the molecule is COC(=O)C(C(=O)OC)C(C[N+](=O)[O-])c1ccc(C)cc1. The van der Waals surface area contributed by atoms with Crippen LogP contribution in [0.3, 0.4) is 0 Å². The number of rotatable bonds is 6. The summed E-state index contributed by atoms with van der Waals surface area (Å²) in [6.07, 6.45) is 0. The van der Waals surface area contributed by atoms with Gasteiger partial charge in [0.1, 0.15) is 0 Å². The van der Waals surface area contributed by atoms with Gasteiger partial charge in [-0.3, -0.25) is 19.7 Å². The molecule has 0 aliphatic heterocycles. The molecule has 0 saturated carbocycles. The summed E-state index contributed by atoms with van der Waals surface area (Å²) < 4.78 is 9.16. The van der Waals surface area contributed by atoms with Crippen molar-refractivity contribution in [2.75, 3.05) is 20.8 Å². The van der Waals surface area contributed by atoms with E-state index in [1.807, 2.05) is 6.92 Å². The lowest BCUT2D eigenvalue weighted by molar-refractivity contribution is -0.484. The first-order valence-electron chi connectivity index (χ1n) is 6.24. The number of nitrogens with zero attached hydrogens (tertiary/aromatic N) is 1. The zero-order valence-corrected chi connectivity index (χ0v) is 12.1. The lowest BCUT2D eigenvalue weighted by atomic mass is 9.85. The molecule has 0 N–H and O–H groups in total. The van der Waals surface area contributed by atoms with E-state index in [0.29, 0.717) is 5.56 Å². The summed E-state index contributed by atoms with van der Waals surface area (Å²) >= 11 is 0. The van der Waals surface area contributed by atoms with Crippen molar-refractivity contribution >= 4 is 11.9 Å². The third-order valence-corrected chi connectivity index (χ3v) is 3.16. The van der Waals surface area contributed by atoms with Crippen LogP contribution in [-0.2, 0) is 19.1 Å². The summed E-state index contributed by atoms with van der Waals surface area (Å²) in [5.41, 5.74) is 1.48. The smallest absolute Gasteiger partial charge is 0.320 e. The lowest BCUT2D eigenvalue weighted by Crippen LogP contribution is -2.35. The van der Waals surface area contributed by atoms with Crippen LogP contribution < -0.4 is 0 Å². The molecule has 7 heteroatoms. The molecule has 1 rings (SSSR count). The molecular formula is C14H17NO6. The highest BCUT2D eigenvalue weighted by Gasteiger charge is 2.40. The normalized spacial score (nSPS) is 11.8. The van der Waals surface area contributed by atoms with Gasteiger partial charge in [-0.1, -0.05) is 29.8 Å². The summed E-state index contributed by atoms with van der Waals surface area (Å²) in [5, 5.41) is 10.9. The van der Waals surface area contributed by atoms with Gasteiger partial charge in [0.2, 0.25) is 6.54 Å². The lowest BCUT2D eigenvalue weighted by Gasteiger charge is -2.20. The van der Waals surface area contributed by atoms with Crippen molar-refractivity contribution in [1.82, 2.24) is 0 Å². The van der Waals surface area contributed by atoms with Crippen LogP contribution in [0.25, 0.3) is 0 Å². The van der Waals surface area contributed by atoms with Crippen molar-refractivity contribution in [3.8, 4) is 0 Å². The molecule has 0 radical (unpaired) electrons. The maximum Gasteiger partial charge on any atom is 0.320 e. The fourth-order valence-electron chi connectivity index (χ4n) is 2.06. The monoisotopic (exact) mass is 295 g/mol. The van der Waals surface area contributed by atoms with Crippen LogP contribution in [0.1, 0.15) is 17.0 Å². The standard InChI is InChI=1S/C14H17NO6/c1-9-4-6-10(7-5-9)11(8-15(18)19)12(13(16)20-2)14(17)21-3/h4-7,11-12H,8H2,1-3H3. The molecule has 1 aromatic rings. The largest absolute Gasteiger partial charge is 0.468 e. The van der Waals surface area contributed by atoms with Crippen LogP contribution in [0.4, 0.5) is 0 Å². The molecule has 0 aliphatic carbocycles. The summed E-state index contributed by atoms with van der Waals surface area (Å²) in [6.45, 7) is 1.29. The number of benzene rings is 1. The van der Waals surface area contributed by atoms with E-state index in [1.165, 1.54) is 0 Å². The Balaban J connectivity index is 3.25. The molecule has 0 heterocycles. The molecule has 0 amide bonds. The second-order valence-electron chi connectivity index (χ2n) is 4.56. The number of carbonyl (C=O) groups is 2. The third kappa shape index (κ3) is 4.27. The predicted octanol–water partition coefficient (Wildman–Crippen LogP) is 1.32. The van der Waals surface area contributed by atoms with Gasteiger partial charge in [-0.15, -0.1) is 0 Å². The maximum absolute atomic E-state index is 11.8. The number of aryl methyl sites for hydroxylation is 1. The van der Waals surface area contributed by atoms with Gasteiger partial charge in [-0.25, -0.2) is 0 Å². The van der Waals surface area contributed by atoms with Gasteiger partial charge in [0.05, 0.1) is 20.1 Å². The molecule has 0 saturated heterocycles. The van der Waals surface area contributed by atoms with Crippen molar-refractivity contribution in [2.24, 2.45) is 5.92 Å². The minimum absolute atomic E-state index is 0.512.